The van der Waals surface area contributed by atoms with Gasteiger partial charge in [-0.05, 0) is 48.9 Å². The van der Waals surface area contributed by atoms with Crippen LogP contribution >= 0.6 is 23.4 Å². The Hall–Kier alpha value is -1.84. The van der Waals surface area contributed by atoms with Crippen LogP contribution in [0.25, 0.3) is 6.08 Å². The predicted molar refractivity (Wildman–Crippen MR) is 109 cm³/mol. The Bertz CT molecular complexity index is 943. The maximum atomic E-state index is 12.7. The van der Waals surface area contributed by atoms with Crippen LogP contribution < -0.4 is 0 Å². The monoisotopic (exact) mass is 442 g/mol. The average Bonchev–Trinajstić information content (AvgIpc) is 3.11. The highest BCUT2D eigenvalue weighted by atomic mass is 35.5. The molecule has 0 saturated carbocycles. The SMILES string of the molecule is CCN(C(=O)CN1C(=O)SC(=Cc2ccc(Cl)cc2)C1=O)C1CCS(=O)(=O)C1. The fourth-order valence-corrected chi connectivity index (χ4v) is 5.93. The molecule has 1 atom stereocenters. The van der Waals surface area contributed by atoms with E-state index in [1.165, 1.54) is 4.90 Å². The maximum absolute atomic E-state index is 12.7. The Kier molecular flexibility index (Phi) is 6.16. The third kappa shape index (κ3) is 4.59. The zero-order valence-corrected chi connectivity index (χ0v) is 17.5. The number of halogens is 1. The highest BCUT2D eigenvalue weighted by Crippen LogP contribution is 2.32. The minimum atomic E-state index is -3.14. The van der Waals surface area contributed by atoms with Gasteiger partial charge in [0.05, 0.1) is 16.4 Å². The van der Waals surface area contributed by atoms with Crippen molar-refractivity contribution in [3.63, 3.8) is 0 Å². The van der Waals surface area contributed by atoms with Crippen LogP contribution in [-0.4, -0.2) is 65.9 Å². The van der Waals surface area contributed by atoms with Crippen LogP contribution in [0.3, 0.4) is 0 Å². The van der Waals surface area contributed by atoms with Crippen molar-refractivity contribution in [2.45, 2.75) is 19.4 Å². The van der Waals surface area contributed by atoms with Crippen LogP contribution in [0, 0.1) is 0 Å². The molecule has 1 aromatic rings. The van der Waals surface area contributed by atoms with Crippen molar-refractivity contribution in [3.8, 4) is 0 Å². The minimum Gasteiger partial charge on any atom is -0.337 e. The van der Waals surface area contributed by atoms with Crippen LogP contribution in [0.4, 0.5) is 4.79 Å². The molecule has 0 bridgehead atoms. The number of rotatable bonds is 5. The van der Waals surface area contributed by atoms with E-state index in [2.05, 4.69) is 0 Å². The summed E-state index contributed by atoms with van der Waals surface area (Å²) in [4.78, 5) is 40.1. The number of carbonyl (C=O) groups is 3. The number of thioether (sulfide) groups is 1. The largest absolute Gasteiger partial charge is 0.337 e. The molecule has 0 spiro atoms. The molecule has 3 rings (SSSR count). The van der Waals surface area contributed by atoms with Crippen molar-refractivity contribution in [3.05, 3.63) is 39.8 Å². The van der Waals surface area contributed by atoms with Gasteiger partial charge in [0.15, 0.2) is 9.84 Å². The number of imide groups is 1. The van der Waals surface area contributed by atoms with Gasteiger partial charge in [0.25, 0.3) is 11.1 Å². The zero-order chi connectivity index (χ0) is 20.5. The van der Waals surface area contributed by atoms with Gasteiger partial charge in [-0.15, -0.1) is 0 Å². The van der Waals surface area contributed by atoms with E-state index in [0.29, 0.717) is 23.6 Å². The summed E-state index contributed by atoms with van der Waals surface area (Å²) in [5.41, 5.74) is 0.715. The lowest BCUT2D eigenvalue weighted by atomic mass is 10.2. The molecular weight excluding hydrogens is 424 g/mol. The molecule has 2 saturated heterocycles. The Balaban J connectivity index is 1.71. The van der Waals surface area contributed by atoms with Crippen LogP contribution in [0.15, 0.2) is 29.2 Å². The number of benzene rings is 1. The first kappa shape index (κ1) is 20.9. The molecule has 2 aliphatic rings. The molecule has 2 fully saturated rings. The van der Waals surface area contributed by atoms with E-state index in [9.17, 15) is 22.8 Å². The summed E-state index contributed by atoms with van der Waals surface area (Å²) in [6, 6.07) is 6.39. The number of nitrogens with zero attached hydrogens (tertiary/aromatic N) is 2. The molecule has 7 nitrogen and oxygen atoms in total. The van der Waals surface area contributed by atoms with Gasteiger partial charge in [0.1, 0.15) is 6.54 Å². The minimum absolute atomic E-state index is 0.0485. The standard InChI is InChI=1S/C18H19ClN2O5S2/c1-2-20(14-7-8-28(25,26)11-14)16(22)10-21-17(23)15(27-18(21)24)9-12-3-5-13(19)6-4-12/h3-6,9,14H,2,7-8,10-11H2,1H3. The van der Waals surface area contributed by atoms with Crippen LogP contribution in [0.5, 0.6) is 0 Å². The summed E-state index contributed by atoms with van der Waals surface area (Å²) in [7, 11) is -3.14. The van der Waals surface area contributed by atoms with Gasteiger partial charge in [-0.25, -0.2) is 8.42 Å². The van der Waals surface area contributed by atoms with E-state index in [4.69, 9.17) is 11.6 Å². The van der Waals surface area contributed by atoms with E-state index < -0.39 is 39.5 Å². The number of carbonyl (C=O) groups excluding carboxylic acids is 3. The van der Waals surface area contributed by atoms with E-state index in [1.54, 1.807) is 37.3 Å². The molecule has 0 radical (unpaired) electrons. The lowest BCUT2D eigenvalue weighted by Crippen LogP contribution is -2.47. The summed E-state index contributed by atoms with van der Waals surface area (Å²) in [6.07, 6.45) is 1.95. The topological polar surface area (TPSA) is 91.8 Å². The van der Waals surface area contributed by atoms with Crippen LogP contribution in [-0.2, 0) is 19.4 Å². The van der Waals surface area contributed by atoms with Crippen molar-refractivity contribution in [2.24, 2.45) is 0 Å². The van der Waals surface area contributed by atoms with Gasteiger partial charge in [0.2, 0.25) is 5.91 Å². The van der Waals surface area contributed by atoms with Gasteiger partial charge in [-0.1, -0.05) is 23.7 Å². The van der Waals surface area contributed by atoms with E-state index in [-0.39, 0.29) is 16.4 Å². The smallest absolute Gasteiger partial charge is 0.294 e. The summed E-state index contributed by atoms with van der Waals surface area (Å²) < 4.78 is 23.4. The van der Waals surface area contributed by atoms with Gasteiger partial charge in [0, 0.05) is 17.6 Å². The highest BCUT2D eigenvalue weighted by molar-refractivity contribution is 8.18. The van der Waals surface area contributed by atoms with E-state index in [0.717, 1.165) is 16.7 Å². The molecule has 0 aromatic heterocycles. The predicted octanol–water partition coefficient (Wildman–Crippen LogP) is 2.41. The van der Waals surface area contributed by atoms with Crippen molar-refractivity contribution < 1.29 is 22.8 Å². The van der Waals surface area contributed by atoms with Crippen LogP contribution in [0.2, 0.25) is 5.02 Å². The second kappa shape index (κ2) is 8.26. The van der Waals surface area contributed by atoms with E-state index in [1.807, 2.05) is 0 Å². The summed E-state index contributed by atoms with van der Waals surface area (Å²) in [6.45, 7) is 1.67. The Morgan fingerprint density at radius 3 is 2.57 bits per heavy atom. The van der Waals surface area contributed by atoms with E-state index >= 15 is 0 Å². The lowest BCUT2D eigenvalue weighted by molar-refractivity contribution is -0.137. The number of amides is 3. The second-order valence-electron chi connectivity index (χ2n) is 6.56. The first-order valence-electron chi connectivity index (χ1n) is 8.71. The molecule has 1 unspecified atom stereocenters. The number of likely N-dealkylation sites (N-methyl/N-ethyl adjacent to an activating group) is 1. The molecule has 10 heteroatoms. The molecule has 2 aliphatic heterocycles. The molecule has 28 heavy (non-hydrogen) atoms. The highest BCUT2D eigenvalue weighted by Gasteiger charge is 2.39. The third-order valence-electron chi connectivity index (χ3n) is 4.64. The second-order valence-corrected chi connectivity index (χ2v) is 10.2. The molecule has 0 N–H and O–H groups in total. The fraction of sp³-hybridized carbons (Fsp3) is 0.389. The number of hydrogen-bond acceptors (Lipinski definition) is 6. The average molecular weight is 443 g/mol. The van der Waals surface area contributed by atoms with Crippen LogP contribution in [0.1, 0.15) is 18.9 Å². The summed E-state index contributed by atoms with van der Waals surface area (Å²) >= 11 is 6.61. The molecule has 2 heterocycles. The summed E-state index contributed by atoms with van der Waals surface area (Å²) in [5, 5.41) is 0.0399. The third-order valence-corrected chi connectivity index (χ3v) is 7.55. The molecule has 150 valence electrons. The number of hydrogen-bond donors (Lipinski definition) is 0. The normalized spacial score (nSPS) is 22.9. The maximum Gasteiger partial charge on any atom is 0.294 e. The Morgan fingerprint density at radius 2 is 2.00 bits per heavy atom. The molecule has 0 aliphatic carbocycles. The molecule has 3 amide bonds. The van der Waals surface area contributed by atoms with Gasteiger partial charge < -0.3 is 4.90 Å². The van der Waals surface area contributed by atoms with Crippen molar-refractivity contribution in [1.82, 2.24) is 9.80 Å². The Labute approximate surface area is 172 Å². The Morgan fingerprint density at radius 1 is 1.32 bits per heavy atom. The first-order chi connectivity index (χ1) is 13.2. The van der Waals surface area contributed by atoms with Crippen molar-refractivity contribution in [1.29, 1.82) is 0 Å². The van der Waals surface area contributed by atoms with Crippen molar-refractivity contribution >= 4 is 56.3 Å². The fourth-order valence-electron chi connectivity index (χ4n) is 3.23. The van der Waals surface area contributed by atoms with Crippen molar-refractivity contribution in [2.75, 3.05) is 24.6 Å². The molecule has 1 aromatic carbocycles. The molecular formula is C18H19ClN2O5S2. The quantitative estimate of drug-likeness (QED) is 0.650. The van der Waals surface area contributed by atoms with Gasteiger partial charge >= 0.3 is 0 Å². The van der Waals surface area contributed by atoms with Gasteiger partial charge in [-0.3, -0.25) is 19.3 Å². The lowest BCUT2D eigenvalue weighted by Gasteiger charge is -2.28. The summed E-state index contributed by atoms with van der Waals surface area (Å²) in [5.74, 6) is -0.995. The first-order valence-corrected chi connectivity index (χ1v) is 11.7. The zero-order valence-electron chi connectivity index (χ0n) is 15.1. The van der Waals surface area contributed by atoms with Gasteiger partial charge in [-0.2, -0.15) is 0 Å². The number of sulfone groups is 1.